The van der Waals surface area contributed by atoms with Gasteiger partial charge in [-0.2, -0.15) is 0 Å². The zero-order chi connectivity index (χ0) is 30.5. The molecule has 3 rings (SSSR count). The van der Waals surface area contributed by atoms with Crippen molar-refractivity contribution in [3.8, 4) is 11.5 Å². The molecule has 0 aliphatic rings. The first-order valence-electron chi connectivity index (χ1n) is 13.9. The highest BCUT2D eigenvalue weighted by molar-refractivity contribution is 7.99. The summed E-state index contributed by atoms with van der Waals surface area (Å²) < 4.78 is 11.8. The molecule has 10 N–H and O–H groups in total. The molecule has 9 nitrogen and oxygen atoms in total. The van der Waals surface area contributed by atoms with Crippen molar-refractivity contribution in [2.24, 2.45) is 22.9 Å². The average molecular weight is 612 g/mol. The highest BCUT2D eigenvalue weighted by atomic mass is 32.2. The first-order valence-corrected chi connectivity index (χ1v) is 15.8. The number of aryl methyl sites for hydroxylation is 1. The summed E-state index contributed by atoms with van der Waals surface area (Å²) >= 11 is 3.14. The fourth-order valence-corrected chi connectivity index (χ4v) is 6.24. The molecule has 0 heterocycles. The van der Waals surface area contributed by atoms with Crippen molar-refractivity contribution in [2.45, 2.75) is 29.6 Å². The van der Waals surface area contributed by atoms with Crippen LogP contribution in [0.1, 0.15) is 37.4 Å². The monoisotopic (exact) mass is 611 g/mol. The molecule has 0 aliphatic carbocycles. The molecule has 11 heteroatoms. The second kappa shape index (κ2) is 17.2. The van der Waals surface area contributed by atoms with Gasteiger partial charge in [-0.15, -0.1) is 23.5 Å². The molecule has 0 unspecified atom stereocenters. The van der Waals surface area contributed by atoms with Crippen molar-refractivity contribution in [2.75, 3.05) is 56.6 Å². The first kappa shape index (κ1) is 33.4. The van der Waals surface area contributed by atoms with Crippen molar-refractivity contribution in [3.05, 3.63) is 76.3 Å². The number of rotatable bonds is 18. The smallest absolute Gasteiger partial charge is 0.171 e. The molecular formula is C31H41N5O4S2. The normalized spacial score (nSPS) is 11.0. The molecule has 0 spiro atoms. The molecular weight excluding hydrogens is 571 g/mol. The number of ketones is 2. The van der Waals surface area contributed by atoms with Crippen LogP contribution in [0.25, 0.3) is 0 Å². The summed E-state index contributed by atoms with van der Waals surface area (Å²) in [4.78, 5) is 29.6. The van der Waals surface area contributed by atoms with Crippen LogP contribution in [-0.4, -0.2) is 62.5 Å². The van der Waals surface area contributed by atoms with Gasteiger partial charge in [0.15, 0.2) is 11.6 Å². The lowest BCUT2D eigenvalue weighted by Gasteiger charge is -2.18. The van der Waals surface area contributed by atoms with E-state index in [1.165, 1.54) is 11.8 Å². The van der Waals surface area contributed by atoms with E-state index in [4.69, 9.17) is 38.1 Å². The lowest BCUT2D eigenvalue weighted by atomic mass is 9.95. The molecule has 0 aromatic heterocycles. The maximum absolute atomic E-state index is 13.9. The highest BCUT2D eigenvalue weighted by Gasteiger charge is 2.24. The molecule has 42 heavy (non-hydrogen) atoms. The molecule has 3 aromatic carbocycles. The molecule has 0 bridgehead atoms. The van der Waals surface area contributed by atoms with Crippen LogP contribution >= 0.6 is 23.5 Å². The van der Waals surface area contributed by atoms with Gasteiger partial charge >= 0.3 is 0 Å². The Bertz CT molecular complexity index is 1270. The molecule has 0 saturated carbocycles. The minimum atomic E-state index is -0.226. The van der Waals surface area contributed by atoms with Crippen LogP contribution in [0.3, 0.4) is 0 Å². The lowest BCUT2D eigenvalue weighted by molar-refractivity contribution is 0.0988. The third kappa shape index (κ3) is 8.97. The first-order chi connectivity index (χ1) is 20.3. The van der Waals surface area contributed by atoms with Gasteiger partial charge in [-0.3, -0.25) is 9.59 Å². The van der Waals surface area contributed by atoms with E-state index < -0.39 is 0 Å². The van der Waals surface area contributed by atoms with E-state index in [2.05, 4.69) is 0 Å². The van der Waals surface area contributed by atoms with E-state index in [1.54, 1.807) is 30.0 Å². The van der Waals surface area contributed by atoms with Crippen molar-refractivity contribution < 1.29 is 19.1 Å². The minimum Gasteiger partial charge on any atom is -0.491 e. The summed E-state index contributed by atoms with van der Waals surface area (Å²) in [5.41, 5.74) is 33.0. The van der Waals surface area contributed by atoms with Crippen molar-refractivity contribution in [3.63, 3.8) is 0 Å². The fourth-order valence-electron chi connectivity index (χ4n) is 4.41. The largest absolute Gasteiger partial charge is 0.491 e. The Morgan fingerprint density at radius 2 is 1.19 bits per heavy atom. The molecule has 0 atom stereocenters. The lowest BCUT2D eigenvalue weighted by Crippen LogP contribution is -2.17. The van der Waals surface area contributed by atoms with E-state index in [9.17, 15) is 9.59 Å². The van der Waals surface area contributed by atoms with E-state index in [0.717, 1.165) is 32.2 Å². The SMILES string of the molecule is Cc1cccc(CC(=O)c2cc(C(=O)Cc3cccc(N)c3SCCN)c(OCCN)cc2OCCN)c1SCCN. The van der Waals surface area contributed by atoms with Crippen molar-refractivity contribution in [1.29, 1.82) is 0 Å². The maximum Gasteiger partial charge on any atom is 0.171 e. The molecule has 226 valence electrons. The second-order valence-corrected chi connectivity index (χ2v) is 11.7. The Hall–Kier alpha value is -3.06. The number of hydrogen-bond donors (Lipinski definition) is 5. The third-order valence-corrected chi connectivity index (χ3v) is 8.82. The number of thioether (sulfide) groups is 2. The van der Waals surface area contributed by atoms with Crippen molar-refractivity contribution >= 4 is 40.8 Å². The average Bonchev–Trinajstić information content (AvgIpc) is 2.98. The van der Waals surface area contributed by atoms with Gasteiger partial charge in [0.05, 0.1) is 11.1 Å². The van der Waals surface area contributed by atoms with Crippen LogP contribution in [0.15, 0.2) is 58.3 Å². The number of nitrogens with two attached hydrogens (primary N) is 5. The van der Waals surface area contributed by atoms with Gasteiger partial charge in [0.25, 0.3) is 0 Å². The number of Topliss-reactive ketones (excluding diaryl/α,β-unsaturated/α-hetero) is 2. The summed E-state index contributed by atoms with van der Waals surface area (Å²) in [5, 5.41) is 0. The van der Waals surface area contributed by atoms with Gasteiger partial charge in [0.1, 0.15) is 24.7 Å². The number of nitrogen functional groups attached to an aromatic ring is 1. The topological polar surface area (TPSA) is 183 Å². The van der Waals surface area contributed by atoms with Crippen LogP contribution in [0.2, 0.25) is 0 Å². The number of anilines is 1. The summed E-state index contributed by atoms with van der Waals surface area (Å²) in [5.74, 6) is 1.58. The van der Waals surface area contributed by atoms with Crippen LogP contribution in [-0.2, 0) is 12.8 Å². The Morgan fingerprint density at radius 1 is 0.690 bits per heavy atom. The molecule has 3 aromatic rings. The van der Waals surface area contributed by atoms with Crippen LogP contribution in [0, 0.1) is 6.92 Å². The van der Waals surface area contributed by atoms with Crippen LogP contribution < -0.4 is 38.1 Å². The van der Waals surface area contributed by atoms with Crippen LogP contribution in [0.4, 0.5) is 5.69 Å². The van der Waals surface area contributed by atoms with Gasteiger partial charge in [0, 0.05) is 72.1 Å². The molecule has 0 amide bonds. The standard InChI is InChI=1S/C31H41N5O4S2/c1-20-4-2-5-21(30(20)41-14-10-34)16-26(37)23-18-24(29(40-13-9-33)19-28(23)39-12-8-32)27(38)17-22-6-3-7-25(36)31(22)42-15-11-35/h2-7,18-19H,8-17,32-36H2,1H3. The van der Waals surface area contributed by atoms with Gasteiger partial charge in [-0.1, -0.05) is 30.3 Å². The van der Waals surface area contributed by atoms with E-state index in [0.29, 0.717) is 36.0 Å². The Labute approximate surface area is 256 Å². The van der Waals surface area contributed by atoms with E-state index in [-0.39, 0.29) is 61.8 Å². The highest BCUT2D eigenvalue weighted by Crippen LogP contribution is 2.35. The van der Waals surface area contributed by atoms with E-state index >= 15 is 0 Å². The fraction of sp³-hybridized carbons (Fsp3) is 0.355. The number of hydrogen-bond acceptors (Lipinski definition) is 11. The predicted octanol–water partition coefficient (Wildman–Crippen LogP) is 3.20. The minimum absolute atomic E-state index is 0.0608. The number of carbonyl (C=O) groups excluding carboxylic acids is 2. The van der Waals surface area contributed by atoms with Gasteiger partial charge in [-0.05, 0) is 35.7 Å². The van der Waals surface area contributed by atoms with E-state index in [1.807, 2.05) is 37.3 Å². The summed E-state index contributed by atoms with van der Waals surface area (Å²) in [6, 6.07) is 14.5. The molecule has 0 radical (unpaired) electrons. The maximum atomic E-state index is 13.9. The van der Waals surface area contributed by atoms with Gasteiger partial charge in [-0.25, -0.2) is 0 Å². The zero-order valence-electron chi connectivity index (χ0n) is 24.0. The summed E-state index contributed by atoms with van der Waals surface area (Å²) in [6.07, 6.45) is 0.185. The quantitative estimate of drug-likeness (QED) is 0.0809. The Morgan fingerprint density at radius 3 is 1.71 bits per heavy atom. The van der Waals surface area contributed by atoms with Gasteiger partial charge in [0.2, 0.25) is 0 Å². The molecule has 0 aliphatic heterocycles. The summed E-state index contributed by atoms with van der Waals surface area (Å²) in [6.45, 7) is 3.90. The predicted molar refractivity (Wildman–Crippen MR) is 173 cm³/mol. The number of carbonyl (C=O) groups is 2. The van der Waals surface area contributed by atoms with Crippen LogP contribution in [0.5, 0.6) is 11.5 Å². The summed E-state index contributed by atoms with van der Waals surface area (Å²) in [7, 11) is 0. The third-order valence-electron chi connectivity index (χ3n) is 6.28. The molecule has 0 fully saturated rings. The van der Waals surface area contributed by atoms with Crippen molar-refractivity contribution in [1.82, 2.24) is 0 Å². The second-order valence-electron chi connectivity index (χ2n) is 9.49. The Balaban J connectivity index is 2.05. The number of benzene rings is 3. The zero-order valence-corrected chi connectivity index (χ0v) is 25.7. The van der Waals surface area contributed by atoms with Gasteiger partial charge < -0.3 is 38.1 Å². The molecule has 0 saturated heterocycles. The Kier molecular flexibility index (Phi) is 13.7. The number of ether oxygens (including phenoxy) is 2.